The van der Waals surface area contributed by atoms with Gasteiger partial charge in [-0.3, -0.25) is 4.79 Å². The third-order valence-electron chi connectivity index (χ3n) is 5.37. The highest BCUT2D eigenvalue weighted by Gasteiger charge is 2.16. The number of benzene rings is 2. The van der Waals surface area contributed by atoms with Gasteiger partial charge in [0.15, 0.2) is 0 Å². The van der Waals surface area contributed by atoms with E-state index in [0.29, 0.717) is 6.42 Å². The van der Waals surface area contributed by atoms with Gasteiger partial charge in [-0.2, -0.15) is 5.10 Å². The first-order valence-electron chi connectivity index (χ1n) is 9.63. The van der Waals surface area contributed by atoms with Gasteiger partial charge < -0.3 is 4.57 Å². The molecule has 0 radical (unpaired) electrons. The van der Waals surface area contributed by atoms with Crippen molar-refractivity contribution in [2.24, 2.45) is 7.05 Å². The van der Waals surface area contributed by atoms with Gasteiger partial charge in [-0.1, -0.05) is 49.7 Å². The van der Waals surface area contributed by atoms with Crippen molar-refractivity contribution in [2.75, 3.05) is 0 Å². The lowest BCUT2D eigenvalue weighted by molar-refractivity contribution is 0.433. The Kier molecular flexibility index (Phi) is 4.56. The summed E-state index contributed by atoms with van der Waals surface area (Å²) in [6.45, 7) is 4.22. The molecule has 27 heavy (non-hydrogen) atoms. The van der Waals surface area contributed by atoms with Crippen LogP contribution in [-0.2, 0) is 13.5 Å². The van der Waals surface area contributed by atoms with Crippen molar-refractivity contribution in [1.29, 1.82) is 0 Å². The molecule has 0 fully saturated rings. The van der Waals surface area contributed by atoms with Crippen LogP contribution in [0.2, 0.25) is 0 Å². The third kappa shape index (κ3) is 3.05. The van der Waals surface area contributed by atoms with Crippen molar-refractivity contribution in [3.8, 4) is 0 Å². The van der Waals surface area contributed by atoms with Crippen LogP contribution < -0.4 is 5.56 Å². The van der Waals surface area contributed by atoms with E-state index in [9.17, 15) is 4.79 Å². The lowest BCUT2D eigenvalue weighted by Gasteiger charge is -2.16. The molecule has 1 atom stereocenters. The molecule has 138 valence electrons. The predicted octanol–water partition coefficient (Wildman–Crippen LogP) is 4.84. The first-order valence-corrected chi connectivity index (χ1v) is 9.63. The molecule has 0 N–H and O–H groups in total. The van der Waals surface area contributed by atoms with Gasteiger partial charge in [0, 0.05) is 36.0 Å². The fourth-order valence-electron chi connectivity index (χ4n) is 3.99. The van der Waals surface area contributed by atoms with Crippen LogP contribution in [0, 0.1) is 0 Å². The zero-order valence-electron chi connectivity index (χ0n) is 16.1. The summed E-state index contributed by atoms with van der Waals surface area (Å²) in [7, 11) is 2.07. The first-order chi connectivity index (χ1) is 13.1. The number of hydrogen-bond acceptors (Lipinski definition) is 2. The lowest BCUT2D eigenvalue weighted by Crippen LogP contribution is -2.27. The lowest BCUT2D eigenvalue weighted by atomic mass is 10.0. The summed E-state index contributed by atoms with van der Waals surface area (Å²) >= 11 is 0. The van der Waals surface area contributed by atoms with Crippen LogP contribution >= 0.6 is 0 Å². The maximum absolute atomic E-state index is 13.0. The molecular formula is C23H25N3O. The van der Waals surface area contributed by atoms with E-state index in [4.69, 9.17) is 5.10 Å². The largest absolute Gasteiger partial charge is 0.350 e. The molecule has 2 heterocycles. The second-order valence-electron chi connectivity index (χ2n) is 7.34. The van der Waals surface area contributed by atoms with Crippen LogP contribution in [0.5, 0.6) is 0 Å². The van der Waals surface area contributed by atoms with Crippen molar-refractivity contribution < 1.29 is 0 Å². The van der Waals surface area contributed by atoms with E-state index < -0.39 is 0 Å². The van der Waals surface area contributed by atoms with Gasteiger partial charge in [-0.25, -0.2) is 4.68 Å². The van der Waals surface area contributed by atoms with Gasteiger partial charge in [0.2, 0.25) is 0 Å². The second kappa shape index (κ2) is 7.03. The molecule has 0 aliphatic carbocycles. The monoisotopic (exact) mass is 359 g/mol. The summed E-state index contributed by atoms with van der Waals surface area (Å²) in [6, 6.07) is 16.4. The zero-order chi connectivity index (χ0) is 19.0. The van der Waals surface area contributed by atoms with Crippen molar-refractivity contribution in [1.82, 2.24) is 14.3 Å². The number of fused-ring (bicyclic) bond motifs is 2. The standard InChI is InChI=1S/C23H25N3O/c1-4-9-16(2)26-23(27)20-12-6-5-11-19(20)21(24-26)14-17-15-25(3)22-13-8-7-10-18(17)22/h5-8,10-13,15-16H,4,9,14H2,1-3H3. The van der Waals surface area contributed by atoms with Crippen LogP contribution in [-0.4, -0.2) is 14.3 Å². The molecule has 0 aliphatic heterocycles. The van der Waals surface area contributed by atoms with Crippen molar-refractivity contribution in [3.05, 3.63) is 76.3 Å². The van der Waals surface area contributed by atoms with E-state index in [0.717, 1.165) is 29.3 Å². The molecule has 0 spiro atoms. The average molecular weight is 359 g/mol. The van der Waals surface area contributed by atoms with E-state index in [1.54, 1.807) is 4.68 Å². The van der Waals surface area contributed by atoms with Crippen LogP contribution in [0.3, 0.4) is 0 Å². The number of hydrogen-bond donors (Lipinski definition) is 0. The molecule has 1 unspecified atom stereocenters. The van der Waals surface area contributed by atoms with Gasteiger partial charge in [0.25, 0.3) is 5.56 Å². The average Bonchev–Trinajstić information content (AvgIpc) is 3.00. The Morgan fingerprint density at radius 2 is 1.67 bits per heavy atom. The van der Waals surface area contributed by atoms with Crippen LogP contribution in [0.25, 0.3) is 21.7 Å². The summed E-state index contributed by atoms with van der Waals surface area (Å²) in [6.07, 6.45) is 4.85. The summed E-state index contributed by atoms with van der Waals surface area (Å²) in [4.78, 5) is 13.0. The fourth-order valence-corrected chi connectivity index (χ4v) is 3.99. The Balaban J connectivity index is 1.90. The van der Waals surface area contributed by atoms with E-state index in [1.807, 2.05) is 24.3 Å². The summed E-state index contributed by atoms with van der Waals surface area (Å²) in [5.41, 5.74) is 3.42. The van der Waals surface area contributed by atoms with Gasteiger partial charge in [0.05, 0.1) is 17.1 Å². The van der Waals surface area contributed by atoms with E-state index >= 15 is 0 Å². The Morgan fingerprint density at radius 3 is 2.41 bits per heavy atom. The molecule has 4 nitrogen and oxygen atoms in total. The minimum Gasteiger partial charge on any atom is -0.350 e. The van der Waals surface area contributed by atoms with Crippen molar-refractivity contribution >= 4 is 21.7 Å². The Bertz CT molecular complexity index is 1170. The van der Waals surface area contributed by atoms with E-state index in [2.05, 4.69) is 55.9 Å². The maximum Gasteiger partial charge on any atom is 0.274 e. The summed E-state index contributed by atoms with van der Waals surface area (Å²) < 4.78 is 3.84. The molecule has 4 rings (SSSR count). The highest BCUT2D eigenvalue weighted by atomic mass is 16.1. The van der Waals surface area contributed by atoms with Crippen LogP contribution in [0.1, 0.15) is 44.0 Å². The van der Waals surface area contributed by atoms with Crippen molar-refractivity contribution in [2.45, 2.75) is 39.2 Å². The molecule has 0 saturated heterocycles. The fraction of sp³-hybridized carbons (Fsp3) is 0.304. The van der Waals surface area contributed by atoms with Crippen LogP contribution in [0.15, 0.2) is 59.5 Å². The smallest absolute Gasteiger partial charge is 0.274 e. The number of nitrogens with zero attached hydrogens (tertiary/aromatic N) is 3. The van der Waals surface area contributed by atoms with E-state index in [1.165, 1.54) is 16.5 Å². The topological polar surface area (TPSA) is 39.8 Å². The van der Waals surface area contributed by atoms with Gasteiger partial charge in [-0.15, -0.1) is 0 Å². The molecule has 0 saturated carbocycles. The number of para-hydroxylation sites is 1. The maximum atomic E-state index is 13.0. The first kappa shape index (κ1) is 17.5. The SMILES string of the molecule is CCCC(C)n1nc(Cc2cn(C)c3ccccc23)c2ccccc2c1=O. The minimum atomic E-state index is 0.00761. The molecule has 4 heteroatoms. The molecule has 4 aromatic rings. The molecule has 0 amide bonds. The molecular weight excluding hydrogens is 334 g/mol. The zero-order valence-corrected chi connectivity index (χ0v) is 16.1. The predicted molar refractivity (Wildman–Crippen MR) is 111 cm³/mol. The highest BCUT2D eigenvalue weighted by Crippen LogP contribution is 2.25. The molecule has 2 aromatic carbocycles. The van der Waals surface area contributed by atoms with Gasteiger partial charge in [-0.05, 0) is 31.0 Å². The number of aryl methyl sites for hydroxylation is 1. The molecule has 0 aliphatic rings. The second-order valence-corrected chi connectivity index (χ2v) is 7.34. The highest BCUT2D eigenvalue weighted by molar-refractivity contribution is 5.87. The van der Waals surface area contributed by atoms with E-state index in [-0.39, 0.29) is 11.6 Å². The number of aromatic nitrogens is 3. The minimum absolute atomic E-state index is 0.00761. The van der Waals surface area contributed by atoms with Gasteiger partial charge >= 0.3 is 0 Å². The van der Waals surface area contributed by atoms with Crippen LogP contribution in [0.4, 0.5) is 0 Å². The summed E-state index contributed by atoms with van der Waals surface area (Å²) in [5.74, 6) is 0. The normalized spacial score (nSPS) is 12.7. The molecule has 2 aromatic heterocycles. The van der Waals surface area contributed by atoms with Gasteiger partial charge in [0.1, 0.15) is 0 Å². The third-order valence-corrected chi connectivity index (χ3v) is 5.37. The quantitative estimate of drug-likeness (QED) is 0.511. The Morgan fingerprint density at radius 1 is 1.00 bits per heavy atom. The Hall–Kier alpha value is -2.88. The van der Waals surface area contributed by atoms with Crippen molar-refractivity contribution in [3.63, 3.8) is 0 Å². The molecule has 0 bridgehead atoms. The summed E-state index contributed by atoms with van der Waals surface area (Å²) in [5, 5.41) is 7.78. The Labute approximate surface area is 159 Å². The number of rotatable bonds is 5.